The molecule has 34 heavy (non-hydrogen) atoms. The maximum atomic E-state index is 9.92. The molecule has 1 aromatic carbocycles. The van der Waals surface area contributed by atoms with Crippen LogP contribution in [0.5, 0.6) is 11.5 Å². The maximum Gasteiger partial charge on any atom is 0.492 e. The maximum absolute atomic E-state index is 9.92. The van der Waals surface area contributed by atoms with Crippen LogP contribution in [-0.4, -0.2) is 63.6 Å². The molecule has 10 nitrogen and oxygen atoms in total. The molecule has 0 bridgehead atoms. The summed E-state index contributed by atoms with van der Waals surface area (Å²) in [7, 11) is 1.45. The van der Waals surface area contributed by atoms with Crippen LogP contribution in [0, 0.1) is 0 Å². The van der Waals surface area contributed by atoms with Gasteiger partial charge in [0.05, 0.1) is 31.5 Å². The zero-order chi connectivity index (χ0) is 24.2. The van der Waals surface area contributed by atoms with Crippen molar-refractivity contribution in [1.29, 1.82) is 0 Å². The number of fused-ring (bicyclic) bond motifs is 1. The molecule has 4 rings (SSSR count). The van der Waals surface area contributed by atoms with Crippen molar-refractivity contribution >= 4 is 35.3 Å². The van der Waals surface area contributed by atoms with Gasteiger partial charge in [0.2, 0.25) is 0 Å². The van der Waals surface area contributed by atoms with Crippen molar-refractivity contribution in [2.75, 3.05) is 24.9 Å². The number of ether oxygens (including phenoxy) is 2. The molecule has 5 N–H and O–H groups in total. The average Bonchev–Trinajstić information content (AvgIpc) is 3.26. The minimum atomic E-state index is -1.74. The standard InChI is InChI=1S/C23H30BN5O5/c1-4-18-22(27-14-6-7-15(30)9-14)29-20-17(24(31)32)12-26-23(21(20)28-18)25-11-13-5-8-16(33-2)10-19(13)34-3/h5,8,10,12,14-15,30-32H,4,6-7,9,11H2,1-3H3,(H,25,26)(H,27,29)/t14-,15+/m1/s1. The molecule has 2 atom stereocenters. The first-order valence-electron chi connectivity index (χ1n) is 11.4. The summed E-state index contributed by atoms with van der Waals surface area (Å²) in [6.07, 6.45) is 3.92. The monoisotopic (exact) mass is 467 g/mol. The largest absolute Gasteiger partial charge is 0.497 e. The van der Waals surface area contributed by atoms with Crippen LogP contribution < -0.4 is 25.6 Å². The molecule has 3 aromatic rings. The highest BCUT2D eigenvalue weighted by Gasteiger charge is 2.26. The third-order valence-corrected chi connectivity index (χ3v) is 6.10. The van der Waals surface area contributed by atoms with Gasteiger partial charge in [0.25, 0.3) is 0 Å². The van der Waals surface area contributed by atoms with E-state index in [1.807, 2.05) is 19.1 Å². The summed E-state index contributed by atoms with van der Waals surface area (Å²) in [6.45, 7) is 2.39. The van der Waals surface area contributed by atoms with Crippen molar-refractivity contribution in [2.24, 2.45) is 0 Å². The molecule has 0 saturated heterocycles. The van der Waals surface area contributed by atoms with Gasteiger partial charge in [-0.3, -0.25) is 0 Å². The highest BCUT2D eigenvalue weighted by atomic mass is 16.5. The smallest absolute Gasteiger partial charge is 0.492 e. The van der Waals surface area contributed by atoms with Crippen LogP contribution in [0.4, 0.5) is 11.6 Å². The average molecular weight is 467 g/mol. The molecular weight excluding hydrogens is 437 g/mol. The van der Waals surface area contributed by atoms with Crippen LogP contribution in [-0.2, 0) is 13.0 Å². The van der Waals surface area contributed by atoms with Crippen molar-refractivity contribution in [3.8, 4) is 11.5 Å². The molecule has 1 aliphatic rings. The third kappa shape index (κ3) is 5.01. The van der Waals surface area contributed by atoms with E-state index in [0.717, 1.165) is 24.1 Å². The predicted octanol–water partition coefficient (Wildman–Crippen LogP) is 1.22. The van der Waals surface area contributed by atoms with E-state index in [0.29, 0.717) is 53.6 Å². The van der Waals surface area contributed by atoms with Crippen LogP contribution in [0.2, 0.25) is 0 Å². The number of anilines is 2. The summed E-state index contributed by atoms with van der Waals surface area (Å²) in [5.74, 6) is 2.43. The van der Waals surface area contributed by atoms with Gasteiger partial charge < -0.3 is 35.3 Å². The normalized spacial score (nSPS) is 17.6. The highest BCUT2D eigenvalue weighted by molar-refractivity contribution is 6.61. The molecule has 2 heterocycles. The molecule has 180 valence electrons. The second-order valence-electron chi connectivity index (χ2n) is 8.34. The lowest BCUT2D eigenvalue weighted by Crippen LogP contribution is -2.32. The Hall–Kier alpha value is -3.15. The van der Waals surface area contributed by atoms with Gasteiger partial charge in [-0.2, -0.15) is 0 Å². The molecule has 0 amide bonds. The summed E-state index contributed by atoms with van der Waals surface area (Å²) in [6, 6.07) is 5.65. The molecule has 1 fully saturated rings. The second-order valence-corrected chi connectivity index (χ2v) is 8.34. The summed E-state index contributed by atoms with van der Waals surface area (Å²) in [5.41, 5.74) is 2.61. The molecule has 0 aliphatic heterocycles. The fraction of sp³-hybridized carbons (Fsp3) is 0.435. The first-order chi connectivity index (χ1) is 16.4. The van der Waals surface area contributed by atoms with Crippen molar-refractivity contribution in [3.63, 3.8) is 0 Å². The fourth-order valence-corrected chi connectivity index (χ4v) is 4.23. The molecular formula is C23H30BN5O5. The Morgan fingerprint density at radius 1 is 1.09 bits per heavy atom. The summed E-state index contributed by atoms with van der Waals surface area (Å²) in [5, 5.41) is 36.4. The van der Waals surface area contributed by atoms with Crippen molar-refractivity contribution < 1.29 is 24.6 Å². The lowest BCUT2D eigenvalue weighted by atomic mass is 9.80. The molecule has 11 heteroatoms. The SMILES string of the molecule is CCc1nc2c(NCc3ccc(OC)cc3OC)ncc(B(O)O)c2nc1N[C@@H]1CC[C@H](O)C1. The quantitative estimate of drug-likeness (QED) is 0.292. The molecule has 1 aliphatic carbocycles. The van der Waals surface area contributed by atoms with Gasteiger partial charge in [-0.1, -0.05) is 6.92 Å². The number of hydrogen-bond acceptors (Lipinski definition) is 10. The Morgan fingerprint density at radius 3 is 2.56 bits per heavy atom. The number of nitrogens with zero attached hydrogens (tertiary/aromatic N) is 3. The van der Waals surface area contributed by atoms with E-state index in [9.17, 15) is 15.2 Å². The van der Waals surface area contributed by atoms with E-state index >= 15 is 0 Å². The molecule has 2 aromatic heterocycles. The van der Waals surface area contributed by atoms with E-state index < -0.39 is 7.12 Å². The summed E-state index contributed by atoms with van der Waals surface area (Å²) in [4.78, 5) is 13.9. The number of methoxy groups -OCH3 is 2. The Bertz CT molecular complexity index is 1160. The zero-order valence-electron chi connectivity index (χ0n) is 19.6. The van der Waals surface area contributed by atoms with Crippen molar-refractivity contribution in [2.45, 2.75) is 51.3 Å². The van der Waals surface area contributed by atoms with Gasteiger partial charge >= 0.3 is 7.12 Å². The minimum Gasteiger partial charge on any atom is -0.497 e. The fourth-order valence-electron chi connectivity index (χ4n) is 4.23. The van der Waals surface area contributed by atoms with Crippen LogP contribution in [0.25, 0.3) is 11.0 Å². The number of aliphatic hydroxyl groups excluding tert-OH is 1. The van der Waals surface area contributed by atoms with Crippen molar-refractivity contribution in [1.82, 2.24) is 15.0 Å². The lowest BCUT2D eigenvalue weighted by Gasteiger charge is -2.18. The summed E-state index contributed by atoms with van der Waals surface area (Å²) >= 11 is 0. The number of aryl methyl sites for hydroxylation is 1. The van der Waals surface area contributed by atoms with E-state index in [1.54, 1.807) is 20.3 Å². The van der Waals surface area contributed by atoms with Crippen LogP contribution >= 0.6 is 0 Å². The number of rotatable bonds is 9. The van der Waals surface area contributed by atoms with E-state index in [4.69, 9.17) is 19.4 Å². The zero-order valence-corrected chi connectivity index (χ0v) is 19.6. The highest BCUT2D eigenvalue weighted by Crippen LogP contribution is 2.28. The Morgan fingerprint density at radius 2 is 1.91 bits per heavy atom. The predicted molar refractivity (Wildman–Crippen MR) is 131 cm³/mol. The van der Waals surface area contributed by atoms with Gasteiger partial charge in [0.15, 0.2) is 5.82 Å². The number of hydrogen-bond donors (Lipinski definition) is 5. The topological polar surface area (TPSA) is 142 Å². The number of aromatic nitrogens is 3. The Kier molecular flexibility index (Phi) is 7.35. The van der Waals surface area contributed by atoms with Gasteiger partial charge in [-0.15, -0.1) is 0 Å². The number of aliphatic hydroxyl groups is 1. The van der Waals surface area contributed by atoms with E-state index in [1.165, 1.54) is 6.20 Å². The van der Waals surface area contributed by atoms with Gasteiger partial charge in [0, 0.05) is 35.9 Å². The molecule has 0 spiro atoms. The lowest BCUT2D eigenvalue weighted by molar-refractivity contribution is 0.182. The van der Waals surface area contributed by atoms with Crippen molar-refractivity contribution in [3.05, 3.63) is 35.7 Å². The Labute approximate surface area is 198 Å². The van der Waals surface area contributed by atoms with E-state index in [2.05, 4.69) is 15.6 Å². The second kappa shape index (κ2) is 10.4. The minimum absolute atomic E-state index is 0.0940. The molecule has 0 unspecified atom stereocenters. The van der Waals surface area contributed by atoms with Gasteiger partial charge in [0.1, 0.15) is 22.8 Å². The van der Waals surface area contributed by atoms with Crippen LogP contribution in [0.1, 0.15) is 37.4 Å². The van der Waals surface area contributed by atoms with Gasteiger partial charge in [-0.25, -0.2) is 15.0 Å². The number of benzene rings is 1. The Balaban J connectivity index is 1.69. The number of nitrogens with one attached hydrogen (secondary N) is 2. The van der Waals surface area contributed by atoms with E-state index in [-0.39, 0.29) is 17.6 Å². The number of pyridine rings is 1. The summed E-state index contributed by atoms with van der Waals surface area (Å²) < 4.78 is 10.7. The molecule has 1 saturated carbocycles. The molecule has 0 radical (unpaired) electrons. The van der Waals surface area contributed by atoms with Crippen LogP contribution in [0.15, 0.2) is 24.4 Å². The van der Waals surface area contributed by atoms with Gasteiger partial charge in [-0.05, 0) is 37.8 Å². The third-order valence-electron chi connectivity index (χ3n) is 6.10. The first kappa shape index (κ1) is 24.0. The van der Waals surface area contributed by atoms with Crippen LogP contribution in [0.3, 0.4) is 0 Å². The first-order valence-corrected chi connectivity index (χ1v) is 11.4.